The first kappa shape index (κ1) is 16.8. The predicted octanol–water partition coefficient (Wildman–Crippen LogP) is 2.69. The van der Waals surface area contributed by atoms with Crippen LogP contribution in [0.3, 0.4) is 0 Å². The molecule has 2 fully saturated rings. The molecule has 3 aliphatic heterocycles. The maximum Gasteiger partial charge on any atom is 0.205 e. The van der Waals surface area contributed by atoms with Crippen LogP contribution >= 0.6 is 23.5 Å². The van der Waals surface area contributed by atoms with E-state index < -0.39 is 29.9 Å². The van der Waals surface area contributed by atoms with Gasteiger partial charge in [-0.05, 0) is 17.9 Å². The Kier molecular flexibility index (Phi) is 4.64. The van der Waals surface area contributed by atoms with Crippen molar-refractivity contribution in [3.63, 3.8) is 0 Å². The molecule has 2 saturated heterocycles. The van der Waals surface area contributed by atoms with Crippen molar-refractivity contribution in [1.29, 1.82) is 0 Å². The Morgan fingerprint density at radius 3 is 2.50 bits per heavy atom. The summed E-state index contributed by atoms with van der Waals surface area (Å²) in [6.45, 7) is 7.36. The SMILES string of the molecule is CC1(C)OC2=COC(C)(C)OC(C(O)C3SCCCS3)C2O1. The monoisotopic (exact) mass is 348 g/mol. The van der Waals surface area contributed by atoms with Crippen LogP contribution in [0.4, 0.5) is 0 Å². The van der Waals surface area contributed by atoms with Crippen LogP contribution in [0, 0.1) is 0 Å². The van der Waals surface area contributed by atoms with E-state index in [1.807, 2.05) is 27.7 Å². The van der Waals surface area contributed by atoms with Crippen LogP contribution in [0.2, 0.25) is 0 Å². The van der Waals surface area contributed by atoms with Crippen molar-refractivity contribution in [3.05, 3.63) is 12.0 Å². The smallest absolute Gasteiger partial charge is 0.205 e. The summed E-state index contributed by atoms with van der Waals surface area (Å²) < 4.78 is 23.6. The molecule has 3 atom stereocenters. The van der Waals surface area contributed by atoms with Crippen molar-refractivity contribution in [2.24, 2.45) is 0 Å². The summed E-state index contributed by atoms with van der Waals surface area (Å²) in [7, 11) is 0. The second-order valence-electron chi connectivity index (χ2n) is 6.61. The van der Waals surface area contributed by atoms with Gasteiger partial charge in [-0.2, -0.15) is 0 Å². The molecule has 3 heterocycles. The fourth-order valence-electron chi connectivity index (χ4n) is 2.77. The highest BCUT2D eigenvalue weighted by Crippen LogP contribution is 2.42. The van der Waals surface area contributed by atoms with Crippen LogP contribution in [-0.2, 0) is 18.9 Å². The van der Waals surface area contributed by atoms with Crippen molar-refractivity contribution in [2.75, 3.05) is 11.5 Å². The largest absolute Gasteiger partial charge is 0.467 e. The zero-order chi connectivity index (χ0) is 16.0. The van der Waals surface area contributed by atoms with E-state index in [0.29, 0.717) is 5.76 Å². The summed E-state index contributed by atoms with van der Waals surface area (Å²) in [4.78, 5) is 0. The lowest BCUT2D eigenvalue weighted by Crippen LogP contribution is -2.49. The van der Waals surface area contributed by atoms with Gasteiger partial charge in [-0.3, -0.25) is 0 Å². The van der Waals surface area contributed by atoms with Gasteiger partial charge in [0.05, 0.1) is 4.58 Å². The standard InChI is InChI=1S/C15H24O5S2/c1-14(2)17-8-9-11(19-15(3,4)18-9)12(20-14)10(16)13-21-6-5-7-22-13/h8,10-13,16H,5-7H2,1-4H3. The van der Waals surface area contributed by atoms with Gasteiger partial charge >= 0.3 is 0 Å². The van der Waals surface area contributed by atoms with Crippen LogP contribution < -0.4 is 0 Å². The van der Waals surface area contributed by atoms with Gasteiger partial charge in [0, 0.05) is 27.7 Å². The molecule has 0 saturated carbocycles. The number of hydrogen-bond acceptors (Lipinski definition) is 7. The molecule has 0 aliphatic carbocycles. The molecule has 0 aromatic heterocycles. The van der Waals surface area contributed by atoms with E-state index in [9.17, 15) is 5.11 Å². The van der Waals surface area contributed by atoms with Gasteiger partial charge in [0.15, 0.2) is 11.9 Å². The maximum atomic E-state index is 10.9. The van der Waals surface area contributed by atoms with E-state index in [-0.39, 0.29) is 4.58 Å². The molecule has 0 aromatic rings. The number of ether oxygens (including phenoxy) is 4. The summed E-state index contributed by atoms with van der Waals surface area (Å²) in [5.41, 5.74) is 0. The van der Waals surface area contributed by atoms with Gasteiger partial charge in [0.1, 0.15) is 18.5 Å². The molecule has 0 radical (unpaired) electrons. The van der Waals surface area contributed by atoms with Crippen molar-refractivity contribution >= 4 is 23.5 Å². The fourth-order valence-corrected chi connectivity index (χ4v) is 5.71. The van der Waals surface area contributed by atoms with Crippen LogP contribution in [-0.4, -0.2) is 51.1 Å². The molecule has 0 bridgehead atoms. The van der Waals surface area contributed by atoms with Crippen LogP contribution in [0.15, 0.2) is 12.0 Å². The second-order valence-corrected chi connectivity index (χ2v) is 9.41. The van der Waals surface area contributed by atoms with E-state index in [1.54, 1.807) is 29.8 Å². The highest BCUT2D eigenvalue weighted by atomic mass is 32.2. The minimum atomic E-state index is -0.830. The molecule has 0 amide bonds. The first-order chi connectivity index (χ1) is 10.3. The van der Waals surface area contributed by atoms with Crippen molar-refractivity contribution in [2.45, 2.75) is 68.6 Å². The molecule has 7 heteroatoms. The molecule has 5 nitrogen and oxygen atoms in total. The molecule has 126 valence electrons. The van der Waals surface area contributed by atoms with Gasteiger partial charge in [-0.15, -0.1) is 23.5 Å². The molecule has 3 rings (SSSR count). The summed E-state index contributed by atoms with van der Waals surface area (Å²) in [6.07, 6.45) is 1.12. The number of aliphatic hydroxyl groups is 1. The van der Waals surface area contributed by atoms with Gasteiger partial charge in [0.2, 0.25) is 11.6 Å². The molecule has 1 N–H and O–H groups in total. The van der Waals surface area contributed by atoms with Gasteiger partial charge in [0.25, 0.3) is 0 Å². The number of aliphatic hydroxyl groups excluding tert-OH is 1. The lowest BCUT2D eigenvalue weighted by atomic mass is 10.1. The summed E-state index contributed by atoms with van der Waals surface area (Å²) in [6, 6.07) is 0. The molecular weight excluding hydrogens is 324 g/mol. The summed E-state index contributed by atoms with van der Waals surface area (Å²) in [5.74, 6) is 1.15. The predicted molar refractivity (Wildman–Crippen MR) is 87.5 cm³/mol. The average Bonchev–Trinajstić information content (AvgIpc) is 2.72. The molecule has 3 unspecified atom stereocenters. The number of hydrogen-bond donors (Lipinski definition) is 1. The Labute approximate surface area is 140 Å². The van der Waals surface area contributed by atoms with E-state index in [1.165, 1.54) is 6.42 Å². The molecule has 3 aliphatic rings. The number of fused-ring (bicyclic) bond motifs is 1. The highest BCUT2D eigenvalue weighted by Gasteiger charge is 2.51. The lowest BCUT2D eigenvalue weighted by Gasteiger charge is -2.36. The second kappa shape index (κ2) is 6.09. The molecule has 0 aromatic carbocycles. The molecule has 22 heavy (non-hydrogen) atoms. The normalized spacial score (nSPS) is 35.6. The number of thioether (sulfide) groups is 2. The third-order valence-corrected chi connectivity index (χ3v) is 6.78. The molecule has 0 spiro atoms. The Hall–Kier alpha value is -0.0800. The fraction of sp³-hybridized carbons (Fsp3) is 0.867. The van der Waals surface area contributed by atoms with E-state index in [4.69, 9.17) is 18.9 Å². The van der Waals surface area contributed by atoms with E-state index >= 15 is 0 Å². The number of rotatable bonds is 2. The van der Waals surface area contributed by atoms with Crippen molar-refractivity contribution < 1.29 is 24.1 Å². The minimum absolute atomic E-state index is 0.0845. The van der Waals surface area contributed by atoms with Gasteiger partial charge in [-0.25, -0.2) is 0 Å². The quantitative estimate of drug-likeness (QED) is 0.823. The Morgan fingerprint density at radius 2 is 1.82 bits per heavy atom. The minimum Gasteiger partial charge on any atom is -0.467 e. The van der Waals surface area contributed by atoms with E-state index in [0.717, 1.165) is 11.5 Å². The van der Waals surface area contributed by atoms with Crippen molar-refractivity contribution in [1.82, 2.24) is 0 Å². The van der Waals surface area contributed by atoms with Crippen LogP contribution in [0.5, 0.6) is 0 Å². The average molecular weight is 348 g/mol. The Balaban J connectivity index is 1.84. The zero-order valence-electron chi connectivity index (χ0n) is 13.4. The Bertz CT molecular complexity index is 445. The van der Waals surface area contributed by atoms with Crippen LogP contribution in [0.1, 0.15) is 34.1 Å². The highest BCUT2D eigenvalue weighted by molar-refractivity contribution is 8.17. The van der Waals surface area contributed by atoms with Gasteiger partial charge < -0.3 is 24.1 Å². The third kappa shape index (κ3) is 3.53. The van der Waals surface area contributed by atoms with E-state index in [2.05, 4.69) is 0 Å². The first-order valence-electron chi connectivity index (χ1n) is 7.61. The third-order valence-electron chi connectivity index (χ3n) is 3.70. The lowest BCUT2D eigenvalue weighted by molar-refractivity contribution is -0.251. The molecular formula is C15H24O5S2. The summed E-state index contributed by atoms with van der Waals surface area (Å²) in [5, 5.41) is 10.9. The zero-order valence-corrected chi connectivity index (χ0v) is 15.0. The Morgan fingerprint density at radius 1 is 1.14 bits per heavy atom. The topological polar surface area (TPSA) is 57.2 Å². The first-order valence-corrected chi connectivity index (χ1v) is 9.71. The van der Waals surface area contributed by atoms with Crippen molar-refractivity contribution in [3.8, 4) is 0 Å². The van der Waals surface area contributed by atoms with Gasteiger partial charge in [-0.1, -0.05) is 0 Å². The van der Waals surface area contributed by atoms with Crippen LogP contribution in [0.25, 0.3) is 0 Å². The maximum absolute atomic E-state index is 10.9. The summed E-state index contributed by atoms with van der Waals surface area (Å²) >= 11 is 3.56.